The lowest BCUT2D eigenvalue weighted by Gasteiger charge is -2.09. The standard InChI is InChI=1S/C16H19N3O2/c1-2-21-15-8-6-13(7-9-15)18-16(20)19-14-5-3-4-12(10-14)11-17/h3-10H,2,11,17H2,1H3,(H2,18,19,20). The average Bonchev–Trinajstić information content (AvgIpc) is 2.49. The van der Waals surface area contributed by atoms with E-state index in [0.717, 1.165) is 11.3 Å². The van der Waals surface area contributed by atoms with Gasteiger partial charge in [-0.2, -0.15) is 0 Å². The quantitative estimate of drug-likeness (QED) is 0.789. The van der Waals surface area contributed by atoms with Crippen LogP contribution < -0.4 is 21.1 Å². The number of hydrogen-bond donors (Lipinski definition) is 3. The first kappa shape index (κ1) is 14.9. The Hall–Kier alpha value is -2.53. The third-order valence-corrected chi connectivity index (χ3v) is 2.84. The number of rotatable bonds is 5. The van der Waals surface area contributed by atoms with Gasteiger partial charge >= 0.3 is 6.03 Å². The number of benzene rings is 2. The lowest BCUT2D eigenvalue weighted by molar-refractivity contribution is 0.262. The van der Waals surface area contributed by atoms with Crippen molar-refractivity contribution in [2.24, 2.45) is 5.73 Å². The number of ether oxygens (including phenoxy) is 1. The van der Waals surface area contributed by atoms with E-state index in [1.54, 1.807) is 12.1 Å². The fraction of sp³-hybridized carbons (Fsp3) is 0.188. The molecule has 0 saturated carbocycles. The van der Waals surface area contributed by atoms with Crippen LogP contribution in [0.25, 0.3) is 0 Å². The highest BCUT2D eigenvalue weighted by molar-refractivity contribution is 5.99. The van der Waals surface area contributed by atoms with Crippen LogP contribution in [0.5, 0.6) is 5.75 Å². The zero-order valence-electron chi connectivity index (χ0n) is 11.9. The predicted octanol–water partition coefficient (Wildman–Crippen LogP) is 3.19. The van der Waals surface area contributed by atoms with Gasteiger partial charge in [0, 0.05) is 17.9 Å². The Kier molecular flexibility index (Phi) is 5.17. The van der Waals surface area contributed by atoms with Gasteiger partial charge in [-0.1, -0.05) is 12.1 Å². The summed E-state index contributed by atoms with van der Waals surface area (Å²) in [5.41, 5.74) is 7.95. The van der Waals surface area contributed by atoms with E-state index in [4.69, 9.17) is 10.5 Å². The van der Waals surface area contributed by atoms with E-state index in [1.165, 1.54) is 0 Å². The van der Waals surface area contributed by atoms with Crippen molar-refractivity contribution in [3.8, 4) is 5.75 Å². The molecule has 0 bridgehead atoms. The zero-order chi connectivity index (χ0) is 15.1. The summed E-state index contributed by atoms with van der Waals surface area (Å²) in [5.74, 6) is 0.777. The number of hydrogen-bond acceptors (Lipinski definition) is 3. The molecule has 4 N–H and O–H groups in total. The number of carbonyl (C=O) groups excluding carboxylic acids is 1. The Morgan fingerprint density at radius 3 is 2.48 bits per heavy atom. The number of nitrogens with one attached hydrogen (secondary N) is 2. The summed E-state index contributed by atoms with van der Waals surface area (Å²) in [4.78, 5) is 11.9. The molecule has 0 saturated heterocycles. The molecule has 2 amide bonds. The van der Waals surface area contributed by atoms with Crippen molar-refractivity contribution in [2.45, 2.75) is 13.5 Å². The van der Waals surface area contributed by atoms with Gasteiger partial charge in [0.2, 0.25) is 0 Å². The molecule has 0 aliphatic heterocycles. The van der Waals surface area contributed by atoms with E-state index < -0.39 is 0 Å². The van der Waals surface area contributed by atoms with Crippen molar-refractivity contribution in [3.63, 3.8) is 0 Å². The van der Waals surface area contributed by atoms with Crippen LogP contribution in [0.2, 0.25) is 0 Å². The van der Waals surface area contributed by atoms with Gasteiger partial charge in [0.25, 0.3) is 0 Å². The van der Waals surface area contributed by atoms with E-state index in [1.807, 2.05) is 43.3 Å². The van der Waals surface area contributed by atoms with E-state index in [9.17, 15) is 4.79 Å². The normalized spacial score (nSPS) is 10.0. The van der Waals surface area contributed by atoms with Gasteiger partial charge in [-0.15, -0.1) is 0 Å². The van der Waals surface area contributed by atoms with Gasteiger partial charge in [-0.05, 0) is 48.9 Å². The number of nitrogens with two attached hydrogens (primary N) is 1. The van der Waals surface area contributed by atoms with Crippen molar-refractivity contribution in [1.82, 2.24) is 0 Å². The van der Waals surface area contributed by atoms with Crippen LogP contribution in [-0.2, 0) is 6.54 Å². The summed E-state index contributed by atoms with van der Waals surface area (Å²) in [5, 5.41) is 5.53. The minimum Gasteiger partial charge on any atom is -0.494 e. The van der Waals surface area contributed by atoms with Gasteiger partial charge < -0.3 is 21.1 Å². The third kappa shape index (κ3) is 4.50. The highest BCUT2D eigenvalue weighted by atomic mass is 16.5. The summed E-state index contributed by atoms with van der Waals surface area (Å²) in [6.07, 6.45) is 0. The van der Waals surface area contributed by atoms with Gasteiger partial charge in [-0.25, -0.2) is 4.79 Å². The molecule has 0 aromatic heterocycles. The van der Waals surface area contributed by atoms with Crippen LogP contribution in [0.4, 0.5) is 16.2 Å². The maximum atomic E-state index is 11.9. The number of urea groups is 1. The Morgan fingerprint density at radius 2 is 1.81 bits per heavy atom. The molecule has 2 aromatic carbocycles. The monoisotopic (exact) mass is 285 g/mol. The first-order valence-electron chi connectivity index (χ1n) is 6.81. The molecular formula is C16H19N3O2. The number of anilines is 2. The van der Waals surface area contributed by atoms with Crippen molar-refractivity contribution in [2.75, 3.05) is 17.2 Å². The van der Waals surface area contributed by atoms with Crippen molar-refractivity contribution >= 4 is 17.4 Å². The Labute approximate surface area is 124 Å². The van der Waals surface area contributed by atoms with E-state index in [-0.39, 0.29) is 6.03 Å². The largest absolute Gasteiger partial charge is 0.494 e. The zero-order valence-corrected chi connectivity index (χ0v) is 11.9. The van der Waals surface area contributed by atoms with E-state index in [0.29, 0.717) is 24.5 Å². The third-order valence-electron chi connectivity index (χ3n) is 2.84. The molecular weight excluding hydrogens is 266 g/mol. The van der Waals surface area contributed by atoms with Gasteiger partial charge in [0.15, 0.2) is 0 Å². The molecule has 0 spiro atoms. The topological polar surface area (TPSA) is 76.4 Å². The predicted molar refractivity (Wildman–Crippen MR) is 84.6 cm³/mol. The molecule has 5 nitrogen and oxygen atoms in total. The Bertz CT molecular complexity index is 597. The van der Waals surface area contributed by atoms with Crippen LogP contribution in [0.3, 0.4) is 0 Å². The molecule has 21 heavy (non-hydrogen) atoms. The van der Waals surface area contributed by atoms with E-state index >= 15 is 0 Å². The maximum absolute atomic E-state index is 11.9. The Balaban J connectivity index is 1.94. The minimum absolute atomic E-state index is 0.298. The molecule has 0 unspecified atom stereocenters. The number of amides is 2. The molecule has 0 aliphatic carbocycles. The van der Waals surface area contributed by atoms with Crippen molar-refractivity contribution in [1.29, 1.82) is 0 Å². The summed E-state index contributed by atoms with van der Waals surface area (Å²) in [6, 6.07) is 14.3. The first-order valence-corrected chi connectivity index (χ1v) is 6.81. The second-order valence-corrected chi connectivity index (χ2v) is 4.44. The van der Waals surface area contributed by atoms with Crippen molar-refractivity contribution in [3.05, 3.63) is 54.1 Å². The highest BCUT2D eigenvalue weighted by Crippen LogP contribution is 2.16. The molecule has 0 aliphatic rings. The molecule has 5 heteroatoms. The number of carbonyl (C=O) groups is 1. The van der Waals surface area contributed by atoms with Gasteiger partial charge in [-0.3, -0.25) is 0 Å². The smallest absolute Gasteiger partial charge is 0.323 e. The lowest BCUT2D eigenvalue weighted by Crippen LogP contribution is -2.19. The van der Waals surface area contributed by atoms with Crippen LogP contribution in [-0.4, -0.2) is 12.6 Å². The fourth-order valence-electron chi connectivity index (χ4n) is 1.87. The highest BCUT2D eigenvalue weighted by Gasteiger charge is 2.03. The first-order chi connectivity index (χ1) is 10.2. The summed E-state index contributed by atoms with van der Waals surface area (Å²) in [6.45, 7) is 2.98. The molecule has 0 radical (unpaired) electrons. The van der Waals surface area contributed by atoms with Gasteiger partial charge in [0.05, 0.1) is 6.61 Å². The molecule has 110 valence electrons. The average molecular weight is 285 g/mol. The molecule has 2 rings (SSSR count). The van der Waals surface area contributed by atoms with Crippen LogP contribution in [0, 0.1) is 0 Å². The summed E-state index contributed by atoms with van der Waals surface area (Å²) < 4.78 is 5.35. The van der Waals surface area contributed by atoms with Gasteiger partial charge in [0.1, 0.15) is 5.75 Å². The second-order valence-electron chi connectivity index (χ2n) is 4.44. The fourth-order valence-corrected chi connectivity index (χ4v) is 1.87. The molecule has 2 aromatic rings. The SMILES string of the molecule is CCOc1ccc(NC(=O)Nc2cccc(CN)c2)cc1. The van der Waals surface area contributed by atoms with Crippen molar-refractivity contribution < 1.29 is 9.53 Å². The summed E-state index contributed by atoms with van der Waals surface area (Å²) in [7, 11) is 0. The maximum Gasteiger partial charge on any atom is 0.323 e. The van der Waals surface area contributed by atoms with Crippen LogP contribution in [0.15, 0.2) is 48.5 Å². The van der Waals surface area contributed by atoms with Crippen LogP contribution >= 0.6 is 0 Å². The van der Waals surface area contributed by atoms with Crippen LogP contribution in [0.1, 0.15) is 12.5 Å². The minimum atomic E-state index is -0.298. The second kappa shape index (κ2) is 7.31. The molecule has 0 heterocycles. The Morgan fingerprint density at radius 1 is 1.10 bits per heavy atom. The molecule has 0 atom stereocenters. The molecule has 0 fully saturated rings. The summed E-state index contributed by atoms with van der Waals surface area (Å²) >= 11 is 0. The lowest BCUT2D eigenvalue weighted by atomic mass is 10.2. The van der Waals surface area contributed by atoms with E-state index in [2.05, 4.69) is 10.6 Å².